The maximum Gasteiger partial charge on any atom is 0.239 e. The van der Waals surface area contributed by atoms with E-state index in [2.05, 4.69) is 56.2 Å². The van der Waals surface area contributed by atoms with Crippen LogP contribution < -0.4 is 16.0 Å². The Morgan fingerprint density at radius 2 is 2.00 bits per heavy atom. The predicted octanol–water partition coefficient (Wildman–Crippen LogP) is 1.96. The number of guanidine groups is 1. The second-order valence-corrected chi connectivity index (χ2v) is 6.41. The molecule has 1 aliphatic heterocycles. The van der Waals surface area contributed by atoms with Gasteiger partial charge in [-0.1, -0.05) is 37.3 Å². The molecule has 1 unspecified atom stereocenters. The van der Waals surface area contributed by atoms with Crippen LogP contribution in [0.25, 0.3) is 0 Å². The fourth-order valence-electron chi connectivity index (χ4n) is 3.08. The number of carbonyl (C=O) groups excluding carboxylic acids is 1. The van der Waals surface area contributed by atoms with Crippen LogP contribution in [0.15, 0.2) is 35.3 Å². The number of likely N-dealkylation sites (tertiary alicyclic amines) is 1. The zero-order valence-electron chi connectivity index (χ0n) is 15.8. The molecule has 1 aliphatic rings. The van der Waals surface area contributed by atoms with E-state index in [9.17, 15) is 4.79 Å². The summed E-state index contributed by atoms with van der Waals surface area (Å²) in [6.45, 7) is 5.95. The summed E-state index contributed by atoms with van der Waals surface area (Å²) in [5.74, 6) is 0.676. The molecule has 146 valence electrons. The van der Waals surface area contributed by atoms with Crippen molar-refractivity contribution in [2.75, 3.05) is 33.2 Å². The molecule has 0 radical (unpaired) electrons. The third-order valence-corrected chi connectivity index (χ3v) is 4.44. The number of halogens is 1. The molecule has 1 saturated heterocycles. The van der Waals surface area contributed by atoms with Crippen LogP contribution in [0.4, 0.5) is 0 Å². The number of hydrogen-bond donors (Lipinski definition) is 3. The van der Waals surface area contributed by atoms with Gasteiger partial charge in [-0.3, -0.25) is 14.7 Å². The zero-order valence-corrected chi connectivity index (χ0v) is 18.2. The number of hydrogen-bond acceptors (Lipinski definition) is 3. The van der Waals surface area contributed by atoms with Crippen molar-refractivity contribution >= 4 is 35.8 Å². The summed E-state index contributed by atoms with van der Waals surface area (Å²) >= 11 is 0. The molecule has 1 aromatic carbocycles. The van der Waals surface area contributed by atoms with E-state index in [0.717, 1.165) is 26.1 Å². The van der Waals surface area contributed by atoms with Crippen molar-refractivity contribution in [2.45, 2.75) is 38.8 Å². The lowest BCUT2D eigenvalue weighted by atomic mass is 10.2. The van der Waals surface area contributed by atoms with Gasteiger partial charge in [0.05, 0.1) is 6.54 Å². The number of amides is 1. The van der Waals surface area contributed by atoms with Gasteiger partial charge in [0.2, 0.25) is 5.91 Å². The minimum absolute atomic E-state index is 0. The Hall–Kier alpha value is -1.35. The van der Waals surface area contributed by atoms with Crippen molar-refractivity contribution in [3.63, 3.8) is 0 Å². The van der Waals surface area contributed by atoms with E-state index in [1.54, 1.807) is 7.05 Å². The Bertz CT molecular complexity index is 552. The van der Waals surface area contributed by atoms with Crippen molar-refractivity contribution in [2.24, 2.45) is 4.99 Å². The predicted molar refractivity (Wildman–Crippen MR) is 118 cm³/mol. The van der Waals surface area contributed by atoms with Gasteiger partial charge in [-0.05, 0) is 31.4 Å². The fourth-order valence-corrected chi connectivity index (χ4v) is 3.08. The third kappa shape index (κ3) is 7.90. The van der Waals surface area contributed by atoms with Gasteiger partial charge in [-0.25, -0.2) is 0 Å². The Labute approximate surface area is 174 Å². The number of carbonyl (C=O) groups is 1. The first-order valence-electron chi connectivity index (χ1n) is 9.22. The molecule has 2 rings (SSSR count). The van der Waals surface area contributed by atoms with Crippen LogP contribution in [0, 0.1) is 0 Å². The summed E-state index contributed by atoms with van der Waals surface area (Å²) in [6.07, 6.45) is 3.36. The molecule has 6 nitrogen and oxygen atoms in total. The number of nitrogens with zero attached hydrogens (tertiary/aromatic N) is 2. The highest BCUT2D eigenvalue weighted by Crippen LogP contribution is 2.19. The monoisotopic (exact) mass is 473 g/mol. The number of nitrogens with one attached hydrogen (secondary N) is 3. The van der Waals surface area contributed by atoms with Gasteiger partial charge in [-0.15, -0.1) is 24.0 Å². The van der Waals surface area contributed by atoms with Crippen LogP contribution in [-0.2, 0) is 11.3 Å². The van der Waals surface area contributed by atoms with Crippen LogP contribution >= 0.6 is 24.0 Å². The SMILES string of the molecule is CCCNC(=O)CNC(=NC)NCC1CCCN1Cc1ccccc1.I. The standard InChI is InChI=1S/C19H31N5O.HI/c1-3-11-21-18(25)14-23-19(20-2)22-13-17-10-7-12-24(17)15-16-8-5-4-6-9-16;/h4-6,8-9,17H,3,7,10-15H2,1-2H3,(H,21,25)(H2,20,22,23);1H. The first kappa shape index (κ1) is 22.7. The van der Waals surface area contributed by atoms with Gasteiger partial charge < -0.3 is 16.0 Å². The fraction of sp³-hybridized carbons (Fsp3) is 0.579. The third-order valence-electron chi connectivity index (χ3n) is 4.44. The van der Waals surface area contributed by atoms with Crippen molar-refractivity contribution in [3.05, 3.63) is 35.9 Å². The van der Waals surface area contributed by atoms with E-state index in [1.807, 2.05) is 6.92 Å². The topological polar surface area (TPSA) is 68.8 Å². The molecule has 0 saturated carbocycles. The number of benzene rings is 1. The van der Waals surface area contributed by atoms with Crippen molar-refractivity contribution < 1.29 is 4.79 Å². The number of rotatable bonds is 8. The lowest BCUT2D eigenvalue weighted by Crippen LogP contribution is -2.47. The summed E-state index contributed by atoms with van der Waals surface area (Å²) < 4.78 is 0. The van der Waals surface area contributed by atoms with E-state index >= 15 is 0 Å². The number of aliphatic imine (C=N–C) groups is 1. The maximum absolute atomic E-state index is 11.7. The van der Waals surface area contributed by atoms with E-state index in [4.69, 9.17) is 0 Å². The van der Waals surface area contributed by atoms with E-state index in [0.29, 0.717) is 18.5 Å². The quantitative estimate of drug-likeness (QED) is 0.307. The highest BCUT2D eigenvalue weighted by Gasteiger charge is 2.24. The Morgan fingerprint density at radius 1 is 1.23 bits per heavy atom. The van der Waals surface area contributed by atoms with E-state index in [-0.39, 0.29) is 36.4 Å². The van der Waals surface area contributed by atoms with Crippen LogP contribution in [0.3, 0.4) is 0 Å². The molecule has 0 aromatic heterocycles. The summed E-state index contributed by atoms with van der Waals surface area (Å²) in [5.41, 5.74) is 1.35. The van der Waals surface area contributed by atoms with Gasteiger partial charge in [0, 0.05) is 32.7 Å². The Balaban J connectivity index is 0.00000338. The molecule has 26 heavy (non-hydrogen) atoms. The van der Waals surface area contributed by atoms with Crippen molar-refractivity contribution in [3.8, 4) is 0 Å². The molecule has 3 N–H and O–H groups in total. The molecular formula is C19H32IN5O. The molecule has 0 bridgehead atoms. The first-order valence-corrected chi connectivity index (χ1v) is 9.22. The second-order valence-electron chi connectivity index (χ2n) is 6.41. The van der Waals surface area contributed by atoms with Crippen LogP contribution in [0.5, 0.6) is 0 Å². The lowest BCUT2D eigenvalue weighted by molar-refractivity contribution is -0.120. The van der Waals surface area contributed by atoms with E-state index in [1.165, 1.54) is 18.4 Å². The largest absolute Gasteiger partial charge is 0.355 e. The molecule has 1 aromatic rings. The molecule has 0 aliphatic carbocycles. The van der Waals surface area contributed by atoms with Crippen molar-refractivity contribution in [1.29, 1.82) is 0 Å². The summed E-state index contributed by atoms with van der Waals surface area (Å²) in [6, 6.07) is 11.1. The van der Waals surface area contributed by atoms with E-state index < -0.39 is 0 Å². The minimum atomic E-state index is -0.00336. The van der Waals surface area contributed by atoms with Gasteiger partial charge >= 0.3 is 0 Å². The lowest BCUT2D eigenvalue weighted by Gasteiger charge is -2.25. The molecule has 1 heterocycles. The Kier molecular flexibility index (Phi) is 11.3. The molecule has 7 heteroatoms. The molecule has 1 atom stereocenters. The van der Waals surface area contributed by atoms with Gasteiger partial charge in [0.15, 0.2) is 5.96 Å². The van der Waals surface area contributed by atoms with Crippen LogP contribution in [0.2, 0.25) is 0 Å². The smallest absolute Gasteiger partial charge is 0.239 e. The summed E-state index contributed by atoms with van der Waals surface area (Å²) in [5, 5.41) is 9.28. The van der Waals surface area contributed by atoms with Gasteiger partial charge in [-0.2, -0.15) is 0 Å². The van der Waals surface area contributed by atoms with Gasteiger partial charge in [0.1, 0.15) is 0 Å². The highest BCUT2D eigenvalue weighted by atomic mass is 127. The summed E-state index contributed by atoms with van der Waals surface area (Å²) in [7, 11) is 1.73. The second kappa shape index (κ2) is 12.9. The molecular weight excluding hydrogens is 441 g/mol. The van der Waals surface area contributed by atoms with Gasteiger partial charge in [0.25, 0.3) is 0 Å². The maximum atomic E-state index is 11.7. The normalized spacial score (nSPS) is 17.5. The van der Waals surface area contributed by atoms with Crippen LogP contribution in [-0.4, -0.2) is 56.0 Å². The average molecular weight is 473 g/mol. The highest BCUT2D eigenvalue weighted by molar-refractivity contribution is 14.0. The molecule has 1 fully saturated rings. The molecule has 1 amide bonds. The van der Waals surface area contributed by atoms with Crippen molar-refractivity contribution in [1.82, 2.24) is 20.9 Å². The minimum Gasteiger partial charge on any atom is -0.355 e. The van der Waals surface area contributed by atoms with Crippen LogP contribution in [0.1, 0.15) is 31.7 Å². The first-order chi connectivity index (χ1) is 12.2. The zero-order chi connectivity index (χ0) is 17.9. The Morgan fingerprint density at radius 3 is 2.69 bits per heavy atom. The summed E-state index contributed by atoms with van der Waals surface area (Å²) in [4.78, 5) is 18.4. The average Bonchev–Trinajstić information content (AvgIpc) is 3.08. The molecule has 0 spiro atoms.